The minimum Gasteiger partial charge on any atom is -0.489 e. The predicted molar refractivity (Wildman–Crippen MR) is 163 cm³/mol. The first-order chi connectivity index (χ1) is 20.0. The molecule has 2 aromatic heterocycles. The van der Waals surface area contributed by atoms with Gasteiger partial charge in [-0.15, -0.1) is 0 Å². The summed E-state index contributed by atoms with van der Waals surface area (Å²) in [4.78, 5) is 41.8. The molecule has 1 saturated carbocycles. The van der Waals surface area contributed by atoms with Gasteiger partial charge >= 0.3 is 5.97 Å². The fourth-order valence-corrected chi connectivity index (χ4v) is 6.09. The van der Waals surface area contributed by atoms with Crippen molar-refractivity contribution in [2.75, 3.05) is 7.11 Å². The van der Waals surface area contributed by atoms with Crippen LogP contribution in [0.1, 0.15) is 84.0 Å². The van der Waals surface area contributed by atoms with Gasteiger partial charge in [0.25, 0.3) is 0 Å². The molecule has 4 aromatic rings. The number of hydrogen-bond acceptors (Lipinski definition) is 5. The van der Waals surface area contributed by atoms with Gasteiger partial charge in [0, 0.05) is 33.8 Å². The van der Waals surface area contributed by atoms with Crippen LogP contribution in [0.25, 0.3) is 5.52 Å². The van der Waals surface area contributed by atoms with E-state index in [-0.39, 0.29) is 24.0 Å². The molecule has 0 N–H and O–H groups in total. The summed E-state index contributed by atoms with van der Waals surface area (Å²) in [5.74, 6) is -0.0856. The molecule has 0 spiro atoms. The molecular formula is C35H36ClNO5. The molecule has 5 rings (SSSR count). The normalized spacial score (nSPS) is 14.6. The fourth-order valence-electron chi connectivity index (χ4n) is 5.96. The largest absolute Gasteiger partial charge is 0.489 e. The minimum absolute atomic E-state index is 0.108. The Bertz CT molecular complexity index is 1620. The first-order valence-corrected chi connectivity index (χ1v) is 14.7. The SMILES string of the molecule is COC(=O)C1(Cc2c(C(=O)C(C)(C)C)c3cc(OCc4ccccc4)ccn3c2C(=O)c2ccc(Cl)cc2)CCCC1. The van der Waals surface area contributed by atoms with Crippen LogP contribution in [-0.4, -0.2) is 29.0 Å². The van der Waals surface area contributed by atoms with E-state index >= 15 is 0 Å². The van der Waals surface area contributed by atoms with E-state index in [1.807, 2.05) is 57.2 Å². The zero-order valence-electron chi connectivity index (χ0n) is 24.5. The first-order valence-electron chi connectivity index (χ1n) is 14.3. The molecule has 0 radical (unpaired) electrons. The number of rotatable bonds is 9. The monoisotopic (exact) mass is 585 g/mol. The summed E-state index contributed by atoms with van der Waals surface area (Å²) in [6.07, 6.45) is 5.03. The predicted octanol–water partition coefficient (Wildman–Crippen LogP) is 7.91. The molecule has 0 unspecified atom stereocenters. The second kappa shape index (κ2) is 11.8. The highest BCUT2D eigenvalue weighted by Gasteiger charge is 2.45. The number of Topliss-reactive ketones (excluding diaryl/α,β-unsaturated/α-hetero) is 1. The number of nitrogens with zero attached hydrogens (tertiary/aromatic N) is 1. The Kier molecular flexibility index (Phi) is 8.29. The number of aromatic nitrogens is 1. The summed E-state index contributed by atoms with van der Waals surface area (Å²) < 4.78 is 13.2. The summed E-state index contributed by atoms with van der Waals surface area (Å²) in [7, 11) is 1.40. The lowest BCUT2D eigenvalue weighted by atomic mass is 9.76. The molecule has 7 heteroatoms. The number of esters is 1. The van der Waals surface area contributed by atoms with Crippen LogP contribution in [0.15, 0.2) is 72.9 Å². The maximum atomic E-state index is 14.3. The third-order valence-electron chi connectivity index (χ3n) is 8.18. The topological polar surface area (TPSA) is 74.1 Å². The molecule has 42 heavy (non-hydrogen) atoms. The number of carbonyl (C=O) groups is 3. The van der Waals surface area contributed by atoms with E-state index in [0.717, 1.165) is 18.4 Å². The molecule has 0 aliphatic heterocycles. The smallest absolute Gasteiger partial charge is 0.312 e. The third kappa shape index (κ3) is 5.73. The Labute approximate surface area is 251 Å². The number of hydrogen-bond donors (Lipinski definition) is 0. The molecule has 1 aliphatic rings. The number of carbonyl (C=O) groups excluding carboxylic acids is 3. The van der Waals surface area contributed by atoms with E-state index in [1.54, 1.807) is 40.9 Å². The van der Waals surface area contributed by atoms with Gasteiger partial charge in [-0.3, -0.25) is 14.4 Å². The number of halogens is 1. The van der Waals surface area contributed by atoms with E-state index in [2.05, 4.69) is 0 Å². The maximum absolute atomic E-state index is 14.3. The zero-order valence-corrected chi connectivity index (χ0v) is 25.3. The van der Waals surface area contributed by atoms with E-state index in [0.29, 0.717) is 58.1 Å². The van der Waals surface area contributed by atoms with Crippen molar-refractivity contribution in [3.05, 3.63) is 106 Å². The molecule has 218 valence electrons. The van der Waals surface area contributed by atoms with Crippen molar-refractivity contribution in [3.8, 4) is 5.75 Å². The molecule has 0 bridgehead atoms. The number of ketones is 2. The van der Waals surface area contributed by atoms with E-state index in [4.69, 9.17) is 21.1 Å². The van der Waals surface area contributed by atoms with Crippen LogP contribution in [0, 0.1) is 10.8 Å². The van der Waals surface area contributed by atoms with Gasteiger partial charge in [-0.2, -0.15) is 0 Å². The number of benzene rings is 2. The lowest BCUT2D eigenvalue weighted by molar-refractivity contribution is -0.152. The molecule has 1 aliphatic carbocycles. The van der Waals surface area contributed by atoms with Crippen LogP contribution >= 0.6 is 11.6 Å². The van der Waals surface area contributed by atoms with Crippen molar-refractivity contribution in [3.63, 3.8) is 0 Å². The summed E-state index contributed by atoms with van der Waals surface area (Å²) in [5.41, 5.74) is 1.86. The lowest BCUT2D eigenvalue weighted by Crippen LogP contribution is -2.33. The Morgan fingerprint density at radius 2 is 1.62 bits per heavy atom. The molecule has 6 nitrogen and oxygen atoms in total. The number of methoxy groups -OCH3 is 1. The van der Waals surface area contributed by atoms with Gasteiger partial charge in [-0.1, -0.05) is 75.5 Å². The molecule has 2 aromatic carbocycles. The Hall–Kier alpha value is -3.90. The Morgan fingerprint density at radius 3 is 2.24 bits per heavy atom. The second-order valence-corrected chi connectivity index (χ2v) is 12.6. The second-order valence-electron chi connectivity index (χ2n) is 12.2. The van der Waals surface area contributed by atoms with E-state index in [9.17, 15) is 14.4 Å². The summed E-state index contributed by atoms with van der Waals surface area (Å²) in [5, 5.41) is 0.520. The quantitative estimate of drug-likeness (QED) is 0.147. The first kappa shape index (κ1) is 29.6. The standard InChI is InChI=1S/C35H36ClNO5/c1-34(2,3)32(39)29-27(21-35(33(40)41-4)17-8-9-18-35)30(31(38)24-12-14-25(36)15-13-24)37-19-16-26(20-28(29)37)42-22-23-10-6-5-7-11-23/h5-7,10-16,19-20H,8-9,17-18,21-22H2,1-4H3. The van der Waals surface area contributed by atoms with Crippen molar-refractivity contribution in [2.45, 2.75) is 59.5 Å². The number of fused-ring (bicyclic) bond motifs is 1. The van der Waals surface area contributed by atoms with Crippen LogP contribution < -0.4 is 4.74 Å². The summed E-state index contributed by atoms with van der Waals surface area (Å²) in [6.45, 7) is 5.95. The van der Waals surface area contributed by atoms with Crippen LogP contribution in [0.3, 0.4) is 0 Å². The van der Waals surface area contributed by atoms with Crippen molar-refractivity contribution < 1.29 is 23.9 Å². The van der Waals surface area contributed by atoms with Crippen LogP contribution in [0.5, 0.6) is 5.75 Å². The number of ether oxygens (including phenoxy) is 2. The van der Waals surface area contributed by atoms with Gasteiger partial charge in [-0.25, -0.2) is 0 Å². The number of pyridine rings is 1. The van der Waals surface area contributed by atoms with Crippen LogP contribution in [0.4, 0.5) is 0 Å². The zero-order chi connectivity index (χ0) is 30.1. The van der Waals surface area contributed by atoms with E-state index < -0.39 is 10.8 Å². The molecule has 1 fully saturated rings. The Morgan fingerprint density at radius 1 is 0.952 bits per heavy atom. The van der Waals surface area contributed by atoms with Gasteiger partial charge in [-0.05, 0) is 60.7 Å². The highest BCUT2D eigenvalue weighted by molar-refractivity contribution is 6.30. The van der Waals surface area contributed by atoms with Crippen LogP contribution in [0.2, 0.25) is 5.02 Å². The fraction of sp³-hybridized carbons (Fsp3) is 0.343. The minimum atomic E-state index is -0.811. The van der Waals surface area contributed by atoms with Gasteiger partial charge < -0.3 is 13.9 Å². The van der Waals surface area contributed by atoms with Gasteiger partial charge in [0.15, 0.2) is 5.78 Å². The van der Waals surface area contributed by atoms with Gasteiger partial charge in [0.2, 0.25) is 5.78 Å². The average Bonchev–Trinajstić information content (AvgIpc) is 3.58. The third-order valence-corrected chi connectivity index (χ3v) is 8.44. The molecule has 0 amide bonds. The van der Waals surface area contributed by atoms with Gasteiger partial charge in [0.05, 0.1) is 23.7 Å². The van der Waals surface area contributed by atoms with Crippen LogP contribution in [-0.2, 0) is 22.6 Å². The van der Waals surface area contributed by atoms with Gasteiger partial charge in [0.1, 0.15) is 12.4 Å². The lowest BCUT2D eigenvalue weighted by Gasteiger charge is -2.27. The summed E-state index contributed by atoms with van der Waals surface area (Å²) in [6, 6.07) is 20.2. The maximum Gasteiger partial charge on any atom is 0.312 e. The molecular weight excluding hydrogens is 550 g/mol. The molecule has 2 heterocycles. The molecule has 0 saturated heterocycles. The van der Waals surface area contributed by atoms with Crippen molar-refractivity contribution in [1.82, 2.24) is 4.40 Å². The highest BCUT2D eigenvalue weighted by atomic mass is 35.5. The average molecular weight is 586 g/mol. The van der Waals surface area contributed by atoms with Crippen molar-refractivity contribution in [2.24, 2.45) is 10.8 Å². The van der Waals surface area contributed by atoms with Crippen molar-refractivity contribution in [1.29, 1.82) is 0 Å². The Balaban J connectivity index is 1.74. The van der Waals surface area contributed by atoms with Crippen molar-refractivity contribution >= 4 is 34.7 Å². The molecule has 0 atom stereocenters. The summed E-state index contributed by atoms with van der Waals surface area (Å²) >= 11 is 6.13. The van der Waals surface area contributed by atoms with E-state index in [1.165, 1.54) is 7.11 Å². The highest BCUT2D eigenvalue weighted by Crippen LogP contribution is 2.45.